The van der Waals surface area contributed by atoms with Crippen molar-refractivity contribution in [3.05, 3.63) is 77.7 Å². The lowest BCUT2D eigenvalue weighted by molar-refractivity contribution is 0.100. The number of nitrogens with zero attached hydrogens (tertiary/aromatic N) is 5. The second kappa shape index (κ2) is 6.94. The number of ether oxygens (including phenoxy) is 1. The van der Waals surface area contributed by atoms with Crippen molar-refractivity contribution in [2.24, 2.45) is 4.99 Å². The zero-order valence-corrected chi connectivity index (χ0v) is 15.7. The summed E-state index contributed by atoms with van der Waals surface area (Å²) in [4.78, 5) is 26.0. The Bertz CT molecular complexity index is 1280. The van der Waals surface area contributed by atoms with E-state index in [1.165, 1.54) is 0 Å². The average Bonchev–Trinajstić information content (AvgIpc) is 3.17. The van der Waals surface area contributed by atoms with Crippen LogP contribution < -0.4 is 4.74 Å². The maximum Gasteiger partial charge on any atom is 0.278 e. The van der Waals surface area contributed by atoms with Gasteiger partial charge in [0.1, 0.15) is 5.75 Å². The first kappa shape index (κ1) is 17.2. The number of benzene rings is 1. The fraction of sp³-hybridized carbons (Fsp3) is 0.136. The van der Waals surface area contributed by atoms with Crippen LogP contribution in [0.25, 0.3) is 17.0 Å². The second-order valence-corrected chi connectivity index (χ2v) is 6.75. The number of carbonyl (C=O) groups excluding carboxylic acids is 1. The van der Waals surface area contributed by atoms with E-state index in [1.54, 1.807) is 29.0 Å². The molecule has 4 aromatic rings. The van der Waals surface area contributed by atoms with Gasteiger partial charge in [0.15, 0.2) is 11.5 Å². The molecule has 0 spiro atoms. The number of hydrogen-bond donors (Lipinski definition) is 0. The van der Waals surface area contributed by atoms with Crippen LogP contribution in [-0.4, -0.2) is 37.8 Å². The number of aromatic nitrogens is 4. The lowest BCUT2D eigenvalue weighted by Gasteiger charge is -2.18. The first-order valence-electron chi connectivity index (χ1n) is 9.31. The number of amides is 1. The predicted molar refractivity (Wildman–Crippen MR) is 108 cm³/mol. The summed E-state index contributed by atoms with van der Waals surface area (Å²) in [5.41, 5.74) is 4.43. The van der Waals surface area contributed by atoms with Gasteiger partial charge in [0.25, 0.3) is 5.91 Å². The molecule has 0 atom stereocenters. The summed E-state index contributed by atoms with van der Waals surface area (Å²) < 4.78 is 7.24. The summed E-state index contributed by atoms with van der Waals surface area (Å²) >= 11 is 0. The highest BCUT2D eigenvalue weighted by molar-refractivity contribution is 6.12. The van der Waals surface area contributed by atoms with E-state index in [0.29, 0.717) is 30.1 Å². The maximum absolute atomic E-state index is 12.8. The van der Waals surface area contributed by atoms with Crippen molar-refractivity contribution in [3.8, 4) is 17.1 Å². The minimum absolute atomic E-state index is 0.312. The summed E-state index contributed by atoms with van der Waals surface area (Å²) in [5, 5.41) is 4.51. The minimum Gasteiger partial charge on any atom is -0.492 e. The SMILES string of the molecule is Cc1ncccc1-c1nc2ccc(C(=O)N=C3CCOc4ccccc43)cn2n1. The highest BCUT2D eigenvalue weighted by atomic mass is 16.5. The molecule has 0 radical (unpaired) electrons. The van der Waals surface area contributed by atoms with Crippen LogP contribution in [0.4, 0.5) is 0 Å². The molecule has 0 aliphatic carbocycles. The molecule has 0 unspecified atom stereocenters. The van der Waals surface area contributed by atoms with E-state index >= 15 is 0 Å². The van der Waals surface area contributed by atoms with Crippen molar-refractivity contribution in [2.45, 2.75) is 13.3 Å². The second-order valence-electron chi connectivity index (χ2n) is 6.75. The largest absolute Gasteiger partial charge is 0.492 e. The van der Waals surface area contributed by atoms with Gasteiger partial charge in [-0.1, -0.05) is 12.1 Å². The Labute approximate surface area is 166 Å². The Morgan fingerprint density at radius 1 is 1.10 bits per heavy atom. The Morgan fingerprint density at radius 3 is 2.86 bits per heavy atom. The molecule has 0 saturated carbocycles. The number of carbonyl (C=O) groups is 1. The quantitative estimate of drug-likeness (QED) is 0.529. The maximum atomic E-state index is 12.8. The third-order valence-corrected chi connectivity index (χ3v) is 4.86. The van der Waals surface area contributed by atoms with Gasteiger partial charge in [0.2, 0.25) is 0 Å². The van der Waals surface area contributed by atoms with Crippen LogP contribution in [0.15, 0.2) is 65.9 Å². The minimum atomic E-state index is -0.312. The average molecular weight is 383 g/mol. The normalized spacial score (nSPS) is 14.6. The topological polar surface area (TPSA) is 81.7 Å². The summed E-state index contributed by atoms with van der Waals surface area (Å²) in [5.74, 6) is 1.02. The fourth-order valence-corrected chi connectivity index (χ4v) is 3.37. The van der Waals surface area contributed by atoms with E-state index in [0.717, 1.165) is 28.3 Å². The molecule has 29 heavy (non-hydrogen) atoms. The van der Waals surface area contributed by atoms with Crippen molar-refractivity contribution >= 4 is 17.3 Å². The van der Waals surface area contributed by atoms with Crippen molar-refractivity contribution in [2.75, 3.05) is 6.61 Å². The highest BCUT2D eigenvalue weighted by Crippen LogP contribution is 2.25. The van der Waals surface area contributed by atoms with Gasteiger partial charge in [-0.3, -0.25) is 9.78 Å². The van der Waals surface area contributed by atoms with Gasteiger partial charge in [-0.15, -0.1) is 5.10 Å². The molecule has 4 heterocycles. The monoisotopic (exact) mass is 383 g/mol. The molecular weight excluding hydrogens is 366 g/mol. The first-order valence-corrected chi connectivity index (χ1v) is 9.31. The summed E-state index contributed by atoms with van der Waals surface area (Å²) in [6, 6.07) is 14.9. The smallest absolute Gasteiger partial charge is 0.278 e. The third kappa shape index (κ3) is 3.16. The molecule has 0 fully saturated rings. The number of rotatable bonds is 2. The fourth-order valence-electron chi connectivity index (χ4n) is 3.37. The summed E-state index contributed by atoms with van der Waals surface area (Å²) in [7, 11) is 0. The first-order chi connectivity index (χ1) is 14.2. The molecule has 1 amide bonds. The molecule has 0 bridgehead atoms. The van der Waals surface area contributed by atoms with Gasteiger partial charge >= 0.3 is 0 Å². The molecule has 5 rings (SSSR count). The number of para-hydroxylation sites is 1. The molecule has 1 aromatic carbocycles. The van der Waals surface area contributed by atoms with E-state index in [2.05, 4.69) is 20.1 Å². The number of aliphatic imine (C=N–C) groups is 1. The molecule has 0 saturated heterocycles. The molecule has 3 aromatic heterocycles. The van der Waals surface area contributed by atoms with Gasteiger partial charge in [-0.2, -0.15) is 0 Å². The van der Waals surface area contributed by atoms with Crippen LogP contribution in [0.1, 0.15) is 28.0 Å². The van der Waals surface area contributed by atoms with Crippen LogP contribution >= 0.6 is 0 Å². The van der Waals surface area contributed by atoms with Gasteiger partial charge in [0, 0.05) is 35.6 Å². The van der Waals surface area contributed by atoms with Crippen LogP contribution in [0.2, 0.25) is 0 Å². The summed E-state index contributed by atoms with van der Waals surface area (Å²) in [6.45, 7) is 2.43. The highest BCUT2D eigenvalue weighted by Gasteiger charge is 2.18. The van der Waals surface area contributed by atoms with Crippen LogP contribution in [0.5, 0.6) is 5.75 Å². The van der Waals surface area contributed by atoms with Crippen molar-refractivity contribution in [1.82, 2.24) is 19.6 Å². The molecule has 1 aliphatic heterocycles. The lowest BCUT2D eigenvalue weighted by Crippen LogP contribution is -2.17. The lowest BCUT2D eigenvalue weighted by atomic mass is 10.0. The molecule has 1 aliphatic rings. The molecule has 7 nitrogen and oxygen atoms in total. The Balaban J connectivity index is 1.50. The zero-order chi connectivity index (χ0) is 19.8. The number of aryl methyl sites for hydroxylation is 1. The van der Waals surface area contributed by atoms with E-state index in [4.69, 9.17) is 4.74 Å². The number of fused-ring (bicyclic) bond motifs is 2. The van der Waals surface area contributed by atoms with E-state index < -0.39 is 0 Å². The standard InChI is InChI=1S/C22H17N5O2/c1-14-16(6-4-11-23-14)21-25-20-9-8-15(13-27(20)26-21)22(28)24-18-10-12-29-19-7-3-2-5-17(18)19/h2-9,11,13H,10,12H2,1H3. The molecule has 142 valence electrons. The van der Waals surface area contributed by atoms with Gasteiger partial charge in [0.05, 0.1) is 17.9 Å². The Morgan fingerprint density at radius 2 is 1.97 bits per heavy atom. The van der Waals surface area contributed by atoms with Crippen molar-refractivity contribution in [3.63, 3.8) is 0 Å². The third-order valence-electron chi connectivity index (χ3n) is 4.86. The van der Waals surface area contributed by atoms with Gasteiger partial charge in [-0.05, 0) is 43.3 Å². The molecule has 0 N–H and O–H groups in total. The van der Waals surface area contributed by atoms with Gasteiger partial charge < -0.3 is 4.74 Å². The van der Waals surface area contributed by atoms with Gasteiger partial charge in [-0.25, -0.2) is 14.5 Å². The van der Waals surface area contributed by atoms with E-state index in [9.17, 15) is 4.79 Å². The van der Waals surface area contributed by atoms with Crippen molar-refractivity contribution in [1.29, 1.82) is 0 Å². The van der Waals surface area contributed by atoms with E-state index in [-0.39, 0.29) is 5.91 Å². The molecule has 7 heteroatoms. The van der Waals surface area contributed by atoms with Crippen LogP contribution in [-0.2, 0) is 0 Å². The van der Waals surface area contributed by atoms with Crippen molar-refractivity contribution < 1.29 is 9.53 Å². The number of hydrogen-bond acceptors (Lipinski definition) is 5. The summed E-state index contributed by atoms with van der Waals surface area (Å²) in [6.07, 6.45) is 3.99. The van der Waals surface area contributed by atoms with Crippen LogP contribution in [0.3, 0.4) is 0 Å². The zero-order valence-electron chi connectivity index (χ0n) is 15.7. The number of pyridine rings is 2. The Kier molecular flexibility index (Phi) is 4.13. The van der Waals surface area contributed by atoms with E-state index in [1.807, 2.05) is 43.3 Å². The Hall–Kier alpha value is -3.87. The molecular formula is C22H17N5O2. The predicted octanol–water partition coefficient (Wildman–Crippen LogP) is 3.51. The van der Waals surface area contributed by atoms with Crippen LogP contribution in [0, 0.1) is 6.92 Å².